The van der Waals surface area contributed by atoms with E-state index in [-0.39, 0.29) is 16.7 Å². The molecule has 1 nitrogen and oxygen atoms in total. The van der Waals surface area contributed by atoms with E-state index in [1.165, 1.54) is 18.2 Å². The second-order valence-corrected chi connectivity index (χ2v) is 3.32. The molecule has 1 rings (SSSR count). The third-order valence-corrected chi connectivity index (χ3v) is 2.10. The number of rotatable bonds is 2. The molecule has 0 aliphatic heterocycles. The maximum atomic E-state index is 12.8. The van der Waals surface area contributed by atoms with Crippen LogP contribution in [0.25, 0.3) is 0 Å². The molecule has 0 unspecified atom stereocenters. The van der Waals surface area contributed by atoms with Crippen molar-refractivity contribution in [3.63, 3.8) is 0 Å². The number of halogens is 3. The lowest BCUT2D eigenvalue weighted by Crippen LogP contribution is -2.05. The summed E-state index contributed by atoms with van der Waals surface area (Å²) in [6.45, 7) is 0. The number of alkyl halides is 2. The van der Waals surface area contributed by atoms with Crippen LogP contribution in [0.1, 0.15) is 0 Å². The van der Waals surface area contributed by atoms with E-state index in [1.54, 1.807) is 0 Å². The van der Waals surface area contributed by atoms with Crippen molar-refractivity contribution in [1.29, 1.82) is 5.26 Å². The standard InChI is InChI=1S/C8H4F3NS/c9-6-3-1-2-4-7(6)13-8(10,11)5-12/h1-4H. The van der Waals surface area contributed by atoms with Crippen molar-refractivity contribution < 1.29 is 13.2 Å². The Hall–Kier alpha value is -1.15. The molecule has 1 aromatic carbocycles. The highest BCUT2D eigenvalue weighted by atomic mass is 32.2. The van der Waals surface area contributed by atoms with Gasteiger partial charge in [-0.25, -0.2) is 4.39 Å². The van der Waals surface area contributed by atoms with Gasteiger partial charge < -0.3 is 0 Å². The number of thioether (sulfide) groups is 1. The van der Waals surface area contributed by atoms with Crippen LogP contribution in [0.2, 0.25) is 0 Å². The zero-order chi connectivity index (χ0) is 9.90. The molecule has 1 aromatic rings. The van der Waals surface area contributed by atoms with Gasteiger partial charge in [-0.05, 0) is 23.9 Å². The Morgan fingerprint density at radius 1 is 1.31 bits per heavy atom. The predicted octanol–water partition coefficient (Wildman–Crippen LogP) is 3.03. The highest BCUT2D eigenvalue weighted by Gasteiger charge is 2.30. The number of nitrogens with zero attached hydrogens (tertiary/aromatic N) is 1. The fourth-order valence-corrected chi connectivity index (χ4v) is 1.32. The molecule has 0 atom stereocenters. The third-order valence-electron chi connectivity index (χ3n) is 1.20. The quantitative estimate of drug-likeness (QED) is 0.690. The van der Waals surface area contributed by atoms with E-state index in [4.69, 9.17) is 5.26 Å². The Labute approximate surface area is 77.2 Å². The first-order valence-corrected chi connectivity index (χ1v) is 4.09. The molecule has 68 valence electrons. The van der Waals surface area contributed by atoms with Crippen LogP contribution in [0.15, 0.2) is 29.2 Å². The highest BCUT2D eigenvalue weighted by Crippen LogP contribution is 2.36. The summed E-state index contributed by atoms with van der Waals surface area (Å²) < 4.78 is 37.7. The molecular formula is C8H4F3NS. The molecule has 0 heterocycles. The maximum Gasteiger partial charge on any atom is 0.384 e. The topological polar surface area (TPSA) is 23.8 Å². The molecule has 0 bridgehead atoms. The minimum atomic E-state index is -3.58. The van der Waals surface area contributed by atoms with Crippen molar-refractivity contribution >= 4 is 11.8 Å². The summed E-state index contributed by atoms with van der Waals surface area (Å²) in [7, 11) is 0. The minimum absolute atomic E-state index is 0.0969. The second kappa shape index (κ2) is 3.71. The van der Waals surface area contributed by atoms with E-state index >= 15 is 0 Å². The van der Waals surface area contributed by atoms with Crippen LogP contribution in [0, 0.1) is 17.1 Å². The zero-order valence-corrected chi connectivity index (χ0v) is 7.12. The van der Waals surface area contributed by atoms with Gasteiger partial charge in [-0.1, -0.05) is 12.1 Å². The van der Waals surface area contributed by atoms with Gasteiger partial charge in [-0.3, -0.25) is 0 Å². The maximum absolute atomic E-state index is 12.8. The molecule has 0 amide bonds. The van der Waals surface area contributed by atoms with Gasteiger partial charge in [-0.15, -0.1) is 0 Å². The van der Waals surface area contributed by atoms with Crippen LogP contribution in [-0.4, -0.2) is 5.25 Å². The average molecular weight is 203 g/mol. The van der Waals surface area contributed by atoms with Crippen molar-refractivity contribution in [2.45, 2.75) is 10.2 Å². The van der Waals surface area contributed by atoms with Gasteiger partial charge in [-0.2, -0.15) is 14.0 Å². The molecule has 13 heavy (non-hydrogen) atoms. The lowest BCUT2D eigenvalue weighted by Gasteiger charge is -2.06. The largest absolute Gasteiger partial charge is 0.384 e. The van der Waals surface area contributed by atoms with E-state index in [0.29, 0.717) is 0 Å². The van der Waals surface area contributed by atoms with E-state index < -0.39 is 11.1 Å². The van der Waals surface area contributed by atoms with Crippen LogP contribution >= 0.6 is 11.8 Å². The van der Waals surface area contributed by atoms with Gasteiger partial charge in [0.2, 0.25) is 0 Å². The average Bonchev–Trinajstić information content (AvgIpc) is 2.09. The lowest BCUT2D eigenvalue weighted by atomic mass is 10.3. The molecule has 0 N–H and O–H groups in total. The second-order valence-electron chi connectivity index (χ2n) is 2.16. The summed E-state index contributed by atoms with van der Waals surface area (Å²) in [5.74, 6) is -0.748. The number of hydrogen-bond donors (Lipinski definition) is 0. The van der Waals surface area contributed by atoms with Crippen molar-refractivity contribution in [3.05, 3.63) is 30.1 Å². The predicted molar refractivity (Wildman–Crippen MR) is 42.8 cm³/mol. The number of hydrogen-bond acceptors (Lipinski definition) is 2. The Bertz CT molecular complexity index is 345. The number of nitriles is 1. The van der Waals surface area contributed by atoms with Crippen molar-refractivity contribution in [1.82, 2.24) is 0 Å². The van der Waals surface area contributed by atoms with E-state index in [2.05, 4.69) is 0 Å². The van der Waals surface area contributed by atoms with Gasteiger partial charge in [0.1, 0.15) is 5.82 Å². The first kappa shape index (κ1) is 9.93. The highest BCUT2D eigenvalue weighted by molar-refractivity contribution is 8.00. The van der Waals surface area contributed by atoms with Gasteiger partial charge in [0, 0.05) is 4.90 Å². The number of benzene rings is 1. The monoisotopic (exact) mass is 203 g/mol. The van der Waals surface area contributed by atoms with E-state index in [1.807, 2.05) is 0 Å². The molecule has 0 saturated heterocycles. The molecule has 0 radical (unpaired) electrons. The van der Waals surface area contributed by atoms with Gasteiger partial charge in [0.05, 0.1) is 0 Å². The smallest absolute Gasteiger partial charge is 0.206 e. The fraction of sp³-hybridized carbons (Fsp3) is 0.125. The molecular weight excluding hydrogens is 199 g/mol. The third kappa shape index (κ3) is 2.67. The Kier molecular flexibility index (Phi) is 2.83. The molecule has 0 aliphatic rings. The molecule has 0 saturated carbocycles. The van der Waals surface area contributed by atoms with Crippen LogP contribution < -0.4 is 0 Å². The normalized spacial score (nSPS) is 10.9. The molecule has 0 aliphatic carbocycles. The minimum Gasteiger partial charge on any atom is -0.206 e. The summed E-state index contributed by atoms with van der Waals surface area (Å²) in [5, 5.41) is 4.42. The van der Waals surface area contributed by atoms with Crippen LogP contribution in [0.3, 0.4) is 0 Å². The first-order chi connectivity index (χ1) is 6.05. The summed E-state index contributed by atoms with van der Waals surface area (Å²) in [6.07, 6.45) is 0. The van der Waals surface area contributed by atoms with Crippen molar-refractivity contribution in [2.24, 2.45) is 0 Å². The summed E-state index contributed by atoms with van der Waals surface area (Å²) in [5.41, 5.74) is 0. The van der Waals surface area contributed by atoms with Crippen LogP contribution in [0.4, 0.5) is 13.2 Å². The Morgan fingerprint density at radius 3 is 2.46 bits per heavy atom. The van der Waals surface area contributed by atoms with Crippen molar-refractivity contribution in [2.75, 3.05) is 0 Å². The van der Waals surface area contributed by atoms with Crippen molar-refractivity contribution in [3.8, 4) is 6.07 Å². The lowest BCUT2D eigenvalue weighted by molar-refractivity contribution is 0.171. The Morgan fingerprint density at radius 2 is 1.92 bits per heavy atom. The first-order valence-electron chi connectivity index (χ1n) is 3.28. The molecule has 0 spiro atoms. The molecule has 5 heteroatoms. The van der Waals surface area contributed by atoms with Gasteiger partial charge >= 0.3 is 5.25 Å². The Balaban J connectivity index is 2.88. The van der Waals surface area contributed by atoms with E-state index in [9.17, 15) is 13.2 Å². The van der Waals surface area contributed by atoms with Crippen LogP contribution in [0.5, 0.6) is 0 Å². The van der Waals surface area contributed by atoms with Crippen LogP contribution in [-0.2, 0) is 0 Å². The molecule has 0 fully saturated rings. The SMILES string of the molecule is N#CC(F)(F)Sc1ccccc1F. The zero-order valence-electron chi connectivity index (χ0n) is 6.30. The summed E-state index contributed by atoms with van der Waals surface area (Å²) >= 11 is -0.0969. The molecule has 0 aromatic heterocycles. The summed E-state index contributed by atoms with van der Waals surface area (Å²) in [6, 6.07) is 5.87. The fourth-order valence-electron chi connectivity index (χ4n) is 0.688. The summed E-state index contributed by atoms with van der Waals surface area (Å²) in [4.78, 5) is -0.228. The van der Waals surface area contributed by atoms with E-state index in [0.717, 1.165) is 12.1 Å². The van der Waals surface area contributed by atoms with Gasteiger partial charge in [0.15, 0.2) is 6.07 Å². The van der Waals surface area contributed by atoms with Gasteiger partial charge in [0.25, 0.3) is 0 Å².